The van der Waals surface area contributed by atoms with Crippen molar-refractivity contribution in [1.29, 1.82) is 0 Å². The smallest absolute Gasteiger partial charge is 0.238 e. The number of carbonyl (C=O) groups excluding carboxylic acids is 1. The SMILES string of the molecule is CC1CCCCN1CC(=O)Nc1ccc2c(c1)OCCO2. The average molecular weight is 290 g/mol. The Bertz CT molecular complexity index is 518. The number of nitrogens with zero attached hydrogens (tertiary/aromatic N) is 1. The van der Waals surface area contributed by atoms with Crippen LogP contribution in [0.15, 0.2) is 18.2 Å². The Kier molecular flexibility index (Phi) is 4.29. The molecule has 1 unspecified atom stereocenters. The van der Waals surface area contributed by atoms with E-state index in [-0.39, 0.29) is 5.91 Å². The van der Waals surface area contributed by atoms with Gasteiger partial charge < -0.3 is 14.8 Å². The van der Waals surface area contributed by atoms with Crippen LogP contribution in [0.3, 0.4) is 0 Å². The molecule has 0 radical (unpaired) electrons. The molecule has 0 aliphatic carbocycles. The first-order valence-electron chi connectivity index (χ1n) is 7.66. The van der Waals surface area contributed by atoms with Crippen LogP contribution >= 0.6 is 0 Å². The Hall–Kier alpha value is -1.75. The zero-order valence-electron chi connectivity index (χ0n) is 12.4. The molecule has 1 amide bonds. The second kappa shape index (κ2) is 6.35. The molecule has 1 aromatic rings. The molecule has 3 rings (SSSR count). The summed E-state index contributed by atoms with van der Waals surface area (Å²) in [5.41, 5.74) is 0.758. The minimum absolute atomic E-state index is 0.0282. The molecule has 2 aliphatic rings. The number of piperidine rings is 1. The van der Waals surface area contributed by atoms with Gasteiger partial charge in [-0.05, 0) is 38.4 Å². The third-order valence-corrected chi connectivity index (χ3v) is 4.11. The van der Waals surface area contributed by atoms with Crippen LogP contribution in [0.25, 0.3) is 0 Å². The van der Waals surface area contributed by atoms with Gasteiger partial charge in [-0.1, -0.05) is 6.42 Å². The fourth-order valence-electron chi connectivity index (χ4n) is 2.90. The van der Waals surface area contributed by atoms with E-state index < -0.39 is 0 Å². The summed E-state index contributed by atoms with van der Waals surface area (Å²) >= 11 is 0. The van der Waals surface area contributed by atoms with Gasteiger partial charge >= 0.3 is 0 Å². The van der Waals surface area contributed by atoms with Gasteiger partial charge in [0.25, 0.3) is 0 Å². The molecule has 2 heterocycles. The predicted molar refractivity (Wildman–Crippen MR) is 80.9 cm³/mol. The Balaban J connectivity index is 1.59. The minimum Gasteiger partial charge on any atom is -0.486 e. The number of hydrogen-bond donors (Lipinski definition) is 1. The number of carbonyl (C=O) groups is 1. The number of anilines is 1. The first-order valence-corrected chi connectivity index (χ1v) is 7.66. The molecule has 1 saturated heterocycles. The van der Waals surface area contributed by atoms with Gasteiger partial charge in [0.2, 0.25) is 5.91 Å². The summed E-state index contributed by atoms with van der Waals surface area (Å²) in [7, 11) is 0. The molecule has 1 aromatic carbocycles. The van der Waals surface area contributed by atoms with E-state index >= 15 is 0 Å². The zero-order valence-corrected chi connectivity index (χ0v) is 12.4. The highest BCUT2D eigenvalue weighted by atomic mass is 16.6. The number of benzene rings is 1. The molecule has 0 aromatic heterocycles. The molecule has 2 aliphatic heterocycles. The Morgan fingerprint density at radius 2 is 2.10 bits per heavy atom. The molecule has 0 saturated carbocycles. The molecular formula is C16H22N2O3. The van der Waals surface area contributed by atoms with Crippen molar-refractivity contribution in [3.05, 3.63) is 18.2 Å². The maximum absolute atomic E-state index is 12.2. The van der Waals surface area contributed by atoms with Crippen LogP contribution in [-0.2, 0) is 4.79 Å². The largest absolute Gasteiger partial charge is 0.486 e. The first kappa shape index (κ1) is 14.2. The third kappa shape index (κ3) is 3.47. The molecule has 1 fully saturated rings. The predicted octanol–water partition coefficient (Wildman–Crippen LogP) is 2.27. The summed E-state index contributed by atoms with van der Waals surface area (Å²) < 4.78 is 11.0. The number of nitrogens with one attached hydrogen (secondary N) is 1. The second-order valence-corrected chi connectivity index (χ2v) is 5.72. The van der Waals surface area contributed by atoms with E-state index in [0.717, 1.165) is 18.0 Å². The van der Waals surface area contributed by atoms with Crippen LogP contribution in [0.4, 0.5) is 5.69 Å². The number of ether oxygens (including phenoxy) is 2. The highest BCUT2D eigenvalue weighted by molar-refractivity contribution is 5.92. The third-order valence-electron chi connectivity index (χ3n) is 4.11. The van der Waals surface area contributed by atoms with Crippen LogP contribution in [0.1, 0.15) is 26.2 Å². The number of fused-ring (bicyclic) bond motifs is 1. The molecule has 21 heavy (non-hydrogen) atoms. The lowest BCUT2D eigenvalue weighted by Gasteiger charge is -2.32. The van der Waals surface area contributed by atoms with E-state index in [0.29, 0.717) is 31.5 Å². The summed E-state index contributed by atoms with van der Waals surface area (Å²) in [5, 5.41) is 2.94. The molecule has 1 atom stereocenters. The monoisotopic (exact) mass is 290 g/mol. The van der Waals surface area contributed by atoms with Crippen LogP contribution < -0.4 is 14.8 Å². The molecule has 114 valence electrons. The van der Waals surface area contributed by atoms with Gasteiger partial charge in [-0.15, -0.1) is 0 Å². The fourth-order valence-corrected chi connectivity index (χ4v) is 2.90. The summed E-state index contributed by atoms with van der Waals surface area (Å²) in [6.45, 7) is 4.78. The molecule has 5 heteroatoms. The van der Waals surface area contributed by atoms with Crippen LogP contribution in [0.5, 0.6) is 11.5 Å². The Morgan fingerprint density at radius 1 is 1.29 bits per heavy atom. The van der Waals surface area contributed by atoms with Crippen LogP contribution in [0, 0.1) is 0 Å². The molecule has 1 N–H and O–H groups in total. The van der Waals surface area contributed by atoms with Crippen molar-refractivity contribution < 1.29 is 14.3 Å². The van der Waals surface area contributed by atoms with Crippen molar-refractivity contribution in [2.24, 2.45) is 0 Å². The van der Waals surface area contributed by atoms with Crippen molar-refractivity contribution >= 4 is 11.6 Å². The molecule has 0 bridgehead atoms. The maximum Gasteiger partial charge on any atom is 0.238 e. The standard InChI is InChI=1S/C16H22N2O3/c1-12-4-2-3-7-18(12)11-16(19)17-13-5-6-14-15(10-13)21-9-8-20-14/h5-6,10,12H,2-4,7-9,11H2,1H3,(H,17,19). The van der Waals surface area contributed by atoms with Gasteiger partial charge in [-0.3, -0.25) is 9.69 Å². The topological polar surface area (TPSA) is 50.8 Å². The van der Waals surface area contributed by atoms with Crippen molar-refractivity contribution in [3.63, 3.8) is 0 Å². The number of likely N-dealkylation sites (tertiary alicyclic amines) is 1. The Morgan fingerprint density at radius 3 is 2.90 bits per heavy atom. The lowest BCUT2D eigenvalue weighted by Crippen LogP contribution is -2.42. The average Bonchev–Trinajstić information content (AvgIpc) is 2.49. The molecule has 5 nitrogen and oxygen atoms in total. The van der Waals surface area contributed by atoms with E-state index in [4.69, 9.17) is 9.47 Å². The van der Waals surface area contributed by atoms with Crippen molar-refractivity contribution in [2.75, 3.05) is 31.6 Å². The Labute approximate surface area is 125 Å². The maximum atomic E-state index is 12.2. The van der Waals surface area contributed by atoms with Gasteiger partial charge in [-0.25, -0.2) is 0 Å². The van der Waals surface area contributed by atoms with E-state index in [2.05, 4.69) is 17.1 Å². The van der Waals surface area contributed by atoms with E-state index in [1.54, 1.807) is 0 Å². The quantitative estimate of drug-likeness (QED) is 0.928. The number of amides is 1. The lowest BCUT2D eigenvalue weighted by atomic mass is 10.0. The summed E-state index contributed by atoms with van der Waals surface area (Å²) in [4.78, 5) is 14.4. The van der Waals surface area contributed by atoms with E-state index in [1.165, 1.54) is 19.3 Å². The van der Waals surface area contributed by atoms with Gasteiger partial charge in [0.15, 0.2) is 11.5 Å². The summed E-state index contributed by atoms with van der Waals surface area (Å²) in [5.74, 6) is 1.47. The fraction of sp³-hybridized carbons (Fsp3) is 0.562. The van der Waals surface area contributed by atoms with Crippen molar-refractivity contribution in [1.82, 2.24) is 4.90 Å². The van der Waals surface area contributed by atoms with Crippen LogP contribution in [0.2, 0.25) is 0 Å². The van der Waals surface area contributed by atoms with Gasteiger partial charge in [0.05, 0.1) is 6.54 Å². The summed E-state index contributed by atoms with van der Waals surface area (Å²) in [6.07, 6.45) is 3.63. The van der Waals surface area contributed by atoms with Crippen LogP contribution in [-0.4, -0.2) is 43.2 Å². The second-order valence-electron chi connectivity index (χ2n) is 5.72. The first-order chi connectivity index (χ1) is 10.2. The minimum atomic E-state index is 0.0282. The summed E-state index contributed by atoms with van der Waals surface area (Å²) in [6, 6.07) is 6.01. The highest BCUT2D eigenvalue weighted by Gasteiger charge is 2.20. The van der Waals surface area contributed by atoms with E-state index in [1.807, 2.05) is 18.2 Å². The van der Waals surface area contributed by atoms with Gasteiger partial charge in [0.1, 0.15) is 13.2 Å². The lowest BCUT2D eigenvalue weighted by molar-refractivity contribution is -0.118. The highest BCUT2D eigenvalue weighted by Crippen LogP contribution is 2.32. The van der Waals surface area contributed by atoms with Gasteiger partial charge in [-0.2, -0.15) is 0 Å². The normalized spacial score (nSPS) is 21.9. The number of hydrogen-bond acceptors (Lipinski definition) is 4. The van der Waals surface area contributed by atoms with E-state index in [9.17, 15) is 4.79 Å². The van der Waals surface area contributed by atoms with Gasteiger partial charge in [0, 0.05) is 17.8 Å². The zero-order chi connectivity index (χ0) is 14.7. The molecule has 0 spiro atoms. The number of rotatable bonds is 3. The van der Waals surface area contributed by atoms with Crippen molar-refractivity contribution in [3.8, 4) is 11.5 Å². The molecular weight excluding hydrogens is 268 g/mol. The van der Waals surface area contributed by atoms with Crippen molar-refractivity contribution in [2.45, 2.75) is 32.2 Å².